The van der Waals surface area contributed by atoms with Gasteiger partial charge in [0.1, 0.15) is 17.6 Å². The Kier molecular flexibility index (Phi) is 6.46. The van der Waals surface area contributed by atoms with Crippen molar-refractivity contribution in [3.8, 4) is 17.2 Å². The molecule has 1 aromatic heterocycles. The maximum absolute atomic E-state index is 13.7. The van der Waals surface area contributed by atoms with Crippen molar-refractivity contribution < 1.29 is 28.9 Å². The number of amides is 1. The number of aryl methyl sites for hydroxylation is 1. The van der Waals surface area contributed by atoms with Gasteiger partial charge in [-0.2, -0.15) is 0 Å². The molecule has 2 aliphatic rings. The largest absolute Gasteiger partial charge is 0.507 e. The Morgan fingerprint density at radius 3 is 2.73 bits per heavy atom. The van der Waals surface area contributed by atoms with Crippen LogP contribution in [-0.2, 0) is 16.0 Å². The van der Waals surface area contributed by atoms with Crippen LogP contribution in [0.5, 0.6) is 17.2 Å². The molecule has 0 radical (unpaired) electrons. The number of anilines is 1. The van der Waals surface area contributed by atoms with Crippen molar-refractivity contribution in [2.24, 2.45) is 0 Å². The number of methoxy groups -OCH3 is 1. The Labute approximate surface area is 235 Å². The molecular weight excluding hydrogens is 528 g/mol. The lowest BCUT2D eigenvalue weighted by molar-refractivity contribution is -0.132. The number of hydrogen-bond acceptors (Lipinski definition) is 8. The average molecular weight is 557 g/mol. The first-order valence-corrected chi connectivity index (χ1v) is 13.9. The number of aliphatic hydroxyl groups excluding tert-OH is 1. The lowest BCUT2D eigenvalue weighted by atomic mass is 9.94. The Morgan fingerprint density at radius 1 is 1.12 bits per heavy atom. The summed E-state index contributed by atoms with van der Waals surface area (Å²) in [6.45, 7) is 6.28. The van der Waals surface area contributed by atoms with Gasteiger partial charge in [-0.15, -0.1) is 0 Å². The van der Waals surface area contributed by atoms with Gasteiger partial charge in [0.05, 0.1) is 35.5 Å². The molecule has 8 nitrogen and oxygen atoms in total. The molecule has 3 heterocycles. The van der Waals surface area contributed by atoms with Gasteiger partial charge in [0.15, 0.2) is 16.6 Å². The summed E-state index contributed by atoms with van der Waals surface area (Å²) in [4.78, 5) is 33.4. The van der Waals surface area contributed by atoms with Gasteiger partial charge < -0.3 is 19.3 Å². The van der Waals surface area contributed by atoms with Gasteiger partial charge in [-0.1, -0.05) is 23.5 Å². The standard InChI is InChI=1S/C31H28N2O6S/c1-5-38-23-11-7-18(15-24(23)37-4)27-26(28(34)19-8-10-22-20(14-19)13-17(3)39-22)29(35)30(36)33(27)31-32-21-9-6-16(2)12-25(21)40-31/h6-12,14-15,17,27,34H,5,13H2,1-4H3/b28-26+/t17-,27-/m0/s1. The van der Waals surface area contributed by atoms with Crippen molar-refractivity contribution >= 4 is 44.1 Å². The molecule has 4 aromatic rings. The number of hydrogen-bond donors (Lipinski definition) is 1. The van der Waals surface area contributed by atoms with E-state index in [1.165, 1.54) is 23.3 Å². The van der Waals surface area contributed by atoms with Crippen molar-refractivity contribution in [2.45, 2.75) is 39.3 Å². The van der Waals surface area contributed by atoms with E-state index in [9.17, 15) is 14.7 Å². The van der Waals surface area contributed by atoms with Gasteiger partial charge in [-0.25, -0.2) is 4.98 Å². The number of ketones is 1. The van der Waals surface area contributed by atoms with E-state index in [0.717, 1.165) is 27.1 Å². The number of rotatable bonds is 6. The fourth-order valence-electron chi connectivity index (χ4n) is 5.32. The number of Topliss-reactive ketones (excluding diaryl/α,β-unsaturated/α-hetero) is 1. The zero-order valence-corrected chi connectivity index (χ0v) is 23.4. The number of thiazole rings is 1. The van der Waals surface area contributed by atoms with Crippen LogP contribution < -0.4 is 19.1 Å². The summed E-state index contributed by atoms with van der Waals surface area (Å²) in [7, 11) is 1.53. The average Bonchev–Trinajstić information content (AvgIpc) is 3.60. The van der Waals surface area contributed by atoms with Crippen molar-refractivity contribution in [3.05, 3.63) is 82.4 Å². The fraction of sp³-hybridized carbons (Fsp3) is 0.258. The third-order valence-electron chi connectivity index (χ3n) is 7.16. The molecule has 1 N–H and O–H groups in total. The van der Waals surface area contributed by atoms with E-state index in [1.54, 1.807) is 30.3 Å². The molecule has 40 heavy (non-hydrogen) atoms. The van der Waals surface area contributed by atoms with Gasteiger partial charge in [0.2, 0.25) is 0 Å². The smallest absolute Gasteiger partial charge is 0.301 e. The molecule has 1 amide bonds. The number of benzene rings is 3. The second kappa shape index (κ2) is 9.98. The predicted molar refractivity (Wildman–Crippen MR) is 154 cm³/mol. The van der Waals surface area contributed by atoms with Crippen molar-refractivity contribution in [3.63, 3.8) is 0 Å². The molecule has 1 saturated heterocycles. The lowest BCUT2D eigenvalue weighted by Gasteiger charge is -2.24. The fourth-order valence-corrected chi connectivity index (χ4v) is 6.41. The third-order valence-corrected chi connectivity index (χ3v) is 8.17. The molecule has 1 fully saturated rings. The molecule has 0 saturated carbocycles. The van der Waals surface area contributed by atoms with E-state index >= 15 is 0 Å². The zero-order chi connectivity index (χ0) is 28.1. The van der Waals surface area contributed by atoms with Crippen LogP contribution in [-0.4, -0.2) is 41.6 Å². The molecule has 0 unspecified atom stereocenters. The van der Waals surface area contributed by atoms with E-state index in [4.69, 9.17) is 19.2 Å². The molecule has 204 valence electrons. The minimum atomic E-state index is -0.935. The third kappa shape index (κ3) is 4.26. The van der Waals surface area contributed by atoms with Gasteiger partial charge in [-0.05, 0) is 79.9 Å². The first-order valence-electron chi connectivity index (χ1n) is 13.1. The highest BCUT2D eigenvalue weighted by Crippen LogP contribution is 2.46. The second-order valence-electron chi connectivity index (χ2n) is 9.94. The monoisotopic (exact) mass is 556 g/mol. The summed E-state index contributed by atoms with van der Waals surface area (Å²) in [5.41, 5.74) is 3.73. The van der Waals surface area contributed by atoms with E-state index in [2.05, 4.69) is 0 Å². The van der Waals surface area contributed by atoms with E-state index < -0.39 is 17.7 Å². The minimum absolute atomic E-state index is 0.0152. The number of nitrogens with zero attached hydrogens (tertiary/aromatic N) is 2. The number of aliphatic hydroxyl groups is 1. The first kappa shape index (κ1) is 25.9. The highest BCUT2D eigenvalue weighted by Gasteiger charge is 2.48. The number of carbonyl (C=O) groups excluding carboxylic acids is 2. The summed E-state index contributed by atoms with van der Waals surface area (Å²) >= 11 is 1.33. The Bertz CT molecular complexity index is 1710. The lowest BCUT2D eigenvalue weighted by Crippen LogP contribution is -2.29. The van der Waals surface area contributed by atoms with Crippen molar-refractivity contribution in [2.75, 3.05) is 18.6 Å². The zero-order valence-electron chi connectivity index (χ0n) is 22.6. The minimum Gasteiger partial charge on any atom is -0.507 e. The van der Waals surface area contributed by atoms with E-state index in [1.807, 2.05) is 45.0 Å². The SMILES string of the molecule is CCOc1ccc([C@H]2/C(=C(\O)c3ccc4c(c3)C[C@H](C)O4)C(=O)C(=O)N2c2nc3ccc(C)cc3s2)cc1OC. The first-order chi connectivity index (χ1) is 19.3. The maximum Gasteiger partial charge on any atom is 0.301 e. The summed E-state index contributed by atoms with van der Waals surface area (Å²) in [5, 5.41) is 12.0. The van der Waals surface area contributed by atoms with Crippen LogP contribution in [0.15, 0.2) is 60.2 Å². The van der Waals surface area contributed by atoms with Gasteiger partial charge in [0, 0.05) is 12.0 Å². The van der Waals surface area contributed by atoms with Crippen LogP contribution in [0, 0.1) is 6.92 Å². The van der Waals surface area contributed by atoms with Crippen molar-refractivity contribution in [1.29, 1.82) is 0 Å². The van der Waals surface area contributed by atoms with Crippen LogP contribution in [0.25, 0.3) is 16.0 Å². The normalized spacial score (nSPS) is 19.6. The van der Waals surface area contributed by atoms with Crippen LogP contribution in [0.4, 0.5) is 5.13 Å². The van der Waals surface area contributed by atoms with E-state index in [0.29, 0.717) is 40.8 Å². The van der Waals surface area contributed by atoms with Crippen LogP contribution in [0.3, 0.4) is 0 Å². The molecular formula is C31H28N2O6S. The number of aromatic nitrogens is 1. The van der Waals surface area contributed by atoms with Gasteiger partial charge in [-0.3, -0.25) is 14.5 Å². The van der Waals surface area contributed by atoms with E-state index in [-0.39, 0.29) is 17.4 Å². The molecule has 0 spiro atoms. The number of carbonyl (C=O) groups is 2. The highest BCUT2D eigenvalue weighted by molar-refractivity contribution is 7.22. The maximum atomic E-state index is 13.7. The highest BCUT2D eigenvalue weighted by atomic mass is 32.1. The second-order valence-corrected chi connectivity index (χ2v) is 10.9. The summed E-state index contributed by atoms with van der Waals surface area (Å²) in [6.07, 6.45) is 0.715. The number of fused-ring (bicyclic) bond motifs is 2. The quantitative estimate of drug-likeness (QED) is 0.178. The molecule has 6 rings (SSSR count). The van der Waals surface area contributed by atoms with Gasteiger partial charge >= 0.3 is 5.91 Å². The van der Waals surface area contributed by atoms with Crippen LogP contribution in [0.2, 0.25) is 0 Å². The summed E-state index contributed by atoms with van der Waals surface area (Å²) in [6, 6.07) is 15.5. The molecule has 3 aromatic carbocycles. The summed E-state index contributed by atoms with van der Waals surface area (Å²) < 4.78 is 18.0. The topological polar surface area (TPSA) is 98.2 Å². The van der Waals surface area contributed by atoms with Crippen LogP contribution in [0.1, 0.15) is 42.1 Å². The van der Waals surface area contributed by atoms with Crippen molar-refractivity contribution in [1.82, 2.24) is 4.98 Å². The molecule has 2 aliphatic heterocycles. The predicted octanol–water partition coefficient (Wildman–Crippen LogP) is 5.96. The molecule has 2 atom stereocenters. The Balaban J connectivity index is 1.55. The van der Waals surface area contributed by atoms with Crippen LogP contribution >= 0.6 is 11.3 Å². The Hall–Kier alpha value is -4.37. The molecule has 0 bridgehead atoms. The Morgan fingerprint density at radius 2 is 1.95 bits per heavy atom. The molecule has 0 aliphatic carbocycles. The number of ether oxygens (including phenoxy) is 3. The summed E-state index contributed by atoms with van der Waals surface area (Å²) in [5.74, 6) is -0.0493. The van der Waals surface area contributed by atoms with Gasteiger partial charge in [0.25, 0.3) is 5.78 Å². The molecule has 9 heteroatoms.